The number of rotatable bonds is 2. The lowest BCUT2D eigenvalue weighted by molar-refractivity contribution is 0.402. The van der Waals surface area contributed by atoms with E-state index in [1.54, 1.807) is 22.3 Å². The molecule has 2 atom stereocenters. The molecule has 2 N–H and O–H groups in total. The van der Waals surface area contributed by atoms with Crippen LogP contribution in [0.15, 0.2) is 58.5 Å². The van der Waals surface area contributed by atoms with Crippen molar-refractivity contribution in [3.8, 4) is 0 Å². The fourth-order valence-electron chi connectivity index (χ4n) is 4.29. The SMILES string of the molecule is C=CCC1NC(C)=CC2=C3CCC=C4NCC(=C43)CC21. The Morgan fingerprint density at radius 3 is 3.20 bits per heavy atom. The minimum atomic E-state index is 0.518. The van der Waals surface area contributed by atoms with Gasteiger partial charge in [0.15, 0.2) is 0 Å². The number of hydrogen-bond acceptors (Lipinski definition) is 2. The molecule has 0 aromatic rings. The fourth-order valence-corrected chi connectivity index (χ4v) is 4.29. The van der Waals surface area contributed by atoms with Crippen LogP contribution >= 0.6 is 0 Å². The summed E-state index contributed by atoms with van der Waals surface area (Å²) in [6, 6.07) is 0.518. The van der Waals surface area contributed by atoms with Crippen molar-refractivity contribution >= 4 is 0 Å². The summed E-state index contributed by atoms with van der Waals surface area (Å²) in [6.07, 6.45) is 11.5. The molecule has 0 spiro atoms. The van der Waals surface area contributed by atoms with Crippen LogP contribution in [-0.4, -0.2) is 12.6 Å². The summed E-state index contributed by atoms with van der Waals surface area (Å²) in [4.78, 5) is 0. The highest BCUT2D eigenvalue weighted by molar-refractivity contribution is 5.62. The van der Waals surface area contributed by atoms with Gasteiger partial charge >= 0.3 is 0 Å². The van der Waals surface area contributed by atoms with Crippen molar-refractivity contribution in [1.29, 1.82) is 0 Å². The third-order valence-corrected chi connectivity index (χ3v) is 5.07. The molecular formula is C18H22N2. The number of nitrogens with one attached hydrogen (secondary N) is 2. The summed E-state index contributed by atoms with van der Waals surface area (Å²) < 4.78 is 0. The summed E-state index contributed by atoms with van der Waals surface area (Å²) in [6.45, 7) is 7.18. The number of hydrogen-bond donors (Lipinski definition) is 2. The van der Waals surface area contributed by atoms with Crippen LogP contribution in [0.3, 0.4) is 0 Å². The van der Waals surface area contributed by atoms with E-state index in [2.05, 4.69) is 42.4 Å². The van der Waals surface area contributed by atoms with E-state index >= 15 is 0 Å². The van der Waals surface area contributed by atoms with E-state index in [1.165, 1.54) is 30.7 Å². The van der Waals surface area contributed by atoms with Crippen molar-refractivity contribution in [3.63, 3.8) is 0 Å². The first-order chi connectivity index (χ1) is 9.78. The van der Waals surface area contributed by atoms with Crippen LogP contribution in [0.5, 0.6) is 0 Å². The van der Waals surface area contributed by atoms with Crippen LogP contribution in [0, 0.1) is 5.92 Å². The zero-order chi connectivity index (χ0) is 13.7. The first kappa shape index (κ1) is 12.1. The van der Waals surface area contributed by atoms with Crippen molar-refractivity contribution in [3.05, 3.63) is 58.5 Å². The van der Waals surface area contributed by atoms with Gasteiger partial charge in [0, 0.05) is 35.5 Å². The molecule has 2 aliphatic heterocycles. The molecule has 0 amide bonds. The highest BCUT2D eigenvalue weighted by Gasteiger charge is 2.38. The molecule has 2 unspecified atom stereocenters. The molecule has 2 heterocycles. The molecule has 0 aromatic carbocycles. The largest absolute Gasteiger partial charge is 0.385 e. The second-order valence-electron chi connectivity index (χ2n) is 6.34. The van der Waals surface area contributed by atoms with Gasteiger partial charge in [0.2, 0.25) is 0 Å². The predicted molar refractivity (Wildman–Crippen MR) is 83.0 cm³/mol. The summed E-state index contributed by atoms with van der Waals surface area (Å²) in [5.41, 5.74) is 9.11. The average molecular weight is 266 g/mol. The van der Waals surface area contributed by atoms with Gasteiger partial charge in [0.1, 0.15) is 0 Å². The van der Waals surface area contributed by atoms with Crippen LogP contribution in [0.1, 0.15) is 32.6 Å². The monoisotopic (exact) mass is 266 g/mol. The molecule has 2 heteroatoms. The zero-order valence-corrected chi connectivity index (χ0v) is 12.1. The van der Waals surface area contributed by atoms with Crippen LogP contribution in [0.25, 0.3) is 0 Å². The highest BCUT2D eigenvalue weighted by Crippen LogP contribution is 2.47. The summed E-state index contributed by atoms with van der Waals surface area (Å²) in [5.74, 6) is 0.629. The van der Waals surface area contributed by atoms with Crippen molar-refractivity contribution in [2.75, 3.05) is 6.54 Å². The van der Waals surface area contributed by atoms with Crippen LogP contribution < -0.4 is 10.6 Å². The maximum Gasteiger partial charge on any atom is 0.0379 e. The van der Waals surface area contributed by atoms with E-state index in [0.29, 0.717) is 12.0 Å². The predicted octanol–water partition coefficient (Wildman–Crippen LogP) is 3.33. The quantitative estimate of drug-likeness (QED) is 0.749. The first-order valence-electron chi connectivity index (χ1n) is 7.73. The third-order valence-electron chi connectivity index (χ3n) is 5.07. The van der Waals surface area contributed by atoms with E-state index in [-0.39, 0.29) is 0 Å². The Bertz CT molecular complexity index is 601. The molecule has 104 valence electrons. The standard InChI is InChI=1S/C18H22N2/c1-3-5-16-15-9-12-10-19-17-7-4-6-13(18(12)17)14(15)8-11(2)20-16/h3,7-8,15-16,19-20H,1,4-6,9-10H2,2H3. The third kappa shape index (κ3) is 1.64. The molecule has 4 aliphatic rings. The Hall–Kier alpha value is -1.70. The van der Waals surface area contributed by atoms with E-state index in [1.807, 2.05) is 0 Å². The van der Waals surface area contributed by atoms with Crippen molar-refractivity contribution in [2.24, 2.45) is 5.92 Å². The average Bonchev–Trinajstić information content (AvgIpc) is 2.85. The molecule has 0 radical (unpaired) electrons. The van der Waals surface area contributed by atoms with Crippen LogP contribution in [0.4, 0.5) is 0 Å². The van der Waals surface area contributed by atoms with Gasteiger partial charge in [-0.15, -0.1) is 6.58 Å². The van der Waals surface area contributed by atoms with Gasteiger partial charge < -0.3 is 10.6 Å². The van der Waals surface area contributed by atoms with Gasteiger partial charge in [-0.3, -0.25) is 0 Å². The Kier molecular flexibility index (Phi) is 2.66. The fraction of sp³-hybridized carbons (Fsp3) is 0.444. The van der Waals surface area contributed by atoms with Crippen LogP contribution in [0.2, 0.25) is 0 Å². The molecule has 0 fully saturated rings. The minimum Gasteiger partial charge on any atom is -0.385 e. The van der Waals surface area contributed by atoms with Gasteiger partial charge in [-0.05, 0) is 55.4 Å². The molecule has 4 rings (SSSR count). The highest BCUT2D eigenvalue weighted by atomic mass is 15.0. The maximum atomic E-state index is 3.94. The van der Waals surface area contributed by atoms with Gasteiger partial charge in [0.25, 0.3) is 0 Å². The van der Waals surface area contributed by atoms with Crippen molar-refractivity contribution < 1.29 is 0 Å². The Balaban J connectivity index is 1.85. The summed E-state index contributed by atoms with van der Waals surface area (Å²) >= 11 is 0. The Morgan fingerprint density at radius 2 is 2.35 bits per heavy atom. The van der Waals surface area contributed by atoms with E-state index in [4.69, 9.17) is 0 Å². The maximum absolute atomic E-state index is 3.94. The molecule has 2 aliphatic carbocycles. The topological polar surface area (TPSA) is 24.1 Å². The lowest BCUT2D eigenvalue weighted by Gasteiger charge is -2.39. The van der Waals surface area contributed by atoms with Crippen LogP contribution in [-0.2, 0) is 0 Å². The number of allylic oxidation sites excluding steroid dienone is 4. The molecule has 0 bridgehead atoms. The smallest absolute Gasteiger partial charge is 0.0379 e. The van der Waals surface area contributed by atoms with E-state index < -0.39 is 0 Å². The zero-order valence-electron chi connectivity index (χ0n) is 12.1. The second kappa shape index (κ2) is 4.41. The Labute approximate surface area is 121 Å². The lowest BCUT2D eigenvalue weighted by Crippen LogP contribution is -2.40. The van der Waals surface area contributed by atoms with Gasteiger partial charge in [-0.2, -0.15) is 0 Å². The lowest BCUT2D eigenvalue weighted by atomic mass is 9.71. The normalized spacial score (nSPS) is 30.9. The summed E-state index contributed by atoms with van der Waals surface area (Å²) in [7, 11) is 0. The Morgan fingerprint density at radius 1 is 1.45 bits per heavy atom. The second-order valence-corrected chi connectivity index (χ2v) is 6.34. The number of fused-ring (bicyclic) bond motifs is 1. The first-order valence-corrected chi connectivity index (χ1v) is 7.73. The van der Waals surface area contributed by atoms with Gasteiger partial charge in [-0.25, -0.2) is 0 Å². The van der Waals surface area contributed by atoms with E-state index in [9.17, 15) is 0 Å². The molecule has 0 saturated carbocycles. The minimum absolute atomic E-state index is 0.518. The molecule has 0 aromatic heterocycles. The van der Waals surface area contributed by atoms with E-state index in [0.717, 1.165) is 13.0 Å². The van der Waals surface area contributed by atoms with Crippen molar-refractivity contribution in [2.45, 2.75) is 38.6 Å². The summed E-state index contributed by atoms with van der Waals surface area (Å²) in [5, 5.41) is 7.26. The molecule has 0 saturated heterocycles. The molecule has 20 heavy (non-hydrogen) atoms. The molecular weight excluding hydrogens is 244 g/mol. The van der Waals surface area contributed by atoms with Crippen molar-refractivity contribution in [1.82, 2.24) is 10.6 Å². The van der Waals surface area contributed by atoms with Gasteiger partial charge in [-0.1, -0.05) is 12.2 Å². The van der Waals surface area contributed by atoms with Gasteiger partial charge in [0.05, 0.1) is 0 Å². The molecule has 2 nitrogen and oxygen atoms in total.